The zero-order chi connectivity index (χ0) is 13.4. The molecule has 5 nitrogen and oxygen atoms in total. The molecule has 1 saturated heterocycles. The molecule has 1 aliphatic heterocycles. The monoisotopic (exact) mass is 252 g/mol. The number of benzene rings is 1. The molecule has 1 fully saturated rings. The van der Waals surface area contributed by atoms with E-state index in [0.29, 0.717) is 24.2 Å². The van der Waals surface area contributed by atoms with Crippen molar-refractivity contribution in [3.8, 4) is 6.07 Å². The maximum absolute atomic E-state index is 11.9. The lowest BCUT2D eigenvalue weighted by Gasteiger charge is -2.18. The molecule has 19 heavy (non-hydrogen) atoms. The molecule has 2 aromatic rings. The molecule has 3 rings (SSSR count). The molecule has 0 bridgehead atoms. The topological polar surface area (TPSA) is 83.0 Å². The zero-order valence-electron chi connectivity index (χ0n) is 10.2. The molecule has 0 saturated carbocycles. The Labute approximate surface area is 110 Å². The lowest BCUT2D eigenvalue weighted by molar-refractivity contribution is -0.117. The quantitative estimate of drug-likeness (QED) is 0.825. The van der Waals surface area contributed by atoms with Gasteiger partial charge in [-0.15, -0.1) is 0 Å². The first-order valence-corrected chi connectivity index (χ1v) is 6.04. The molecule has 5 heteroatoms. The summed E-state index contributed by atoms with van der Waals surface area (Å²) in [5, 5.41) is 10.1. The first-order valence-electron chi connectivity index (χ1n) is 6.04. The van der Waals surface area contributed by atoms with Gasteiger partial charge in [0.25, 0.3) is 0 Å². The van der Waals surface area contributed by atoms with E-state index in [2.05, 4.69) is 11.1 Å². The number of nitrogens with zero attached hydrogens (tertiary/aromatic N) is 3. The number of nitriles is 1. The first-order chi connectivity index (χ1) is 9.20. The predicted octanol–water partition coefficient (Wildman–Crippen LogP) is 1.17. The maximum Gasteiger partial charge on any atom is 0.228 e. The fourth-order valence-electron chi connectivity index (χ4n) is 2.45. The Hall–Kier alpha value is -2.45. The molecule has 1 amide bonds. The van der Waals surface area contributed by atoms with Gasteiger partial charge in [-0.2, -0.15) is 5.26 Å². The summed E-state index contributed by atoms with van der Waals surface area (Å²) in [7, 11) is 0. The smallest absolute Gasteiger partial charge is 0.228 e. The Morgan fingerprint density at radius 2 is 2.26 bits per heavy atom. The van der Waals surface area contributed by atoms with Gasteiger partial charge < -0.3 is 10.6 Å². The van der Waals surface area contributed by atoms with E-state index >= 15 is 0 Å². The molecule has 94 valence electrons. The molecule has 1 atom stereocenters. The lowest BCUT2D eigenvalue weighted by Crippen LogP contribution is -2.28. The highest BCUT2D eigenvalue weighted by molar-refractivity contribution is 6.01. The number of fused-ring (bicyclic) bond motifs is 1. The second-order valence-corrected chi connectivity index (χ2v) is 4.61. The zero-order valence-corrected chi connectivity index (χ0v) is 10.2. The largest absolute Gasteiger partial charge is 0.326 e. The van der Waals surface area contributed by atoms with Gasteiger partial charge in [0.2, 0.25) is 5.91 Å². The molecule has 1 aromatic heterocycles. The van der Waals surface area contributed by atoms with E-state index in [1.165, 1.54) is 0 Å². The minimum Gasteiger partial charge on any atom is -0.326 e. The van der Waals surface area contributed by atoms with E-state index in [1.54, 1.807) is 23.2 Å². The number of aromatic nitrogens is 1. The van der Waals surface area contributed by atoms with E-state index < -0.39 is 0 Å². The molecule has 0 spiro atoms. The SMILES string of the molecule is N#Cc1c(N2CC(N)CC2=O)ccc2ncccc12. The van der Waals surface area contributed by atoms with Gasteiger partial charge in [-0.3, -0.25) is 9.78 Å². The van der Waals surface area contributed by atoms with Crippen molar-refractivity contribution in [3.63, 3.8) is 0 Å². The summed E-state index contributed by atoms with van der Waals surface area (Å²) in [6, 6.07) is 9.22. The van der Waals surface area contributed by atoms with Crippen molar-refractivity contribution in [1.82, 2.24) is 4.98 Å². The number of nitrogens with two attached hydrogens (primary N) is 1. The van der Waals surface area contributed by atoms with Gasteiger partial charge in [-0.25, -0.2) is 0 Å². The molecular weight excluding hydrogens is 240 g/mol. The van der Waals surface area contributed by atoms with Crippen LogP contribution in [0, 0.1) is 11.3 Å². The van der Waals surface area contributed by atoms with E-state index in [4.69, 9.17) is 5.73 Å². The lowest BCUT2D eigenvalue weighted by atomic mass is 10.1. The fraction of sp³-hybridized carbons (Fsp3) is 0.214. The summed E-state index contributed by atoms with van der Waals surface area (Å²) in [5.41, 5.74) is 7.65. The van der Waals surface area contributed by atoms with E-state index in [0.717, 1.165) is 10.9 Å². The first kappa shape index (κ1) is 11.6. The number of hydrogen-bond donors (Lipinski definition) is 1. The van der Waals surface area contributed by atoms with Gasteiger partial charge >= 0.3 is 0 Å². The molecule has 2 heterocycles. The highest BCUT2D eigenvalue weighted by atomic mass is 16.2. The normalized spacial score (nSPS) is 18.8. The number of hydrogen-bond acceptors (Lipinski definition) is 4. The molecule has 2 N–H and O–H groups in total. The minimum absolute atomic E-state index is 0.0350. The summed E-state index contributed by atoms with van der Waals surface area (Å²) >= 11 is 0. The molecule has 1 aromatic carbocycles. The minimum atomic E-state index is -0.163. The Morgan fingerprint density at radius 3 is 2.95 bits per heavy atom. The van der Waals surface area contributed by atoms with Crippen LogP contribution < -0.4 is 10.6 Å². The highest BCUT2D eigenvalue weighted by Gasteiger charge is 2.30. The third-order valence-corrected chi connectivity index (χ3v) is 3.32. The van der Waals surface area contributed by atoms with Crippen LogP contribution in [-0.4, -0.2) is 23.5 Å². The number of pyridine rings is 1. The van der Waals surface area contributed by atoms with E-state index in [-0.39, 0.29) is 11.9 Å². The van der Waals surface area contributed by atoms with Crippen molar-refractivity contribution >= 4 is 22.5 Å². The van der Waals surface area contributed by atoms with Gasteiger partial charge in [0, 0.05) is 30.6 Å². The number of amides is 1. The molecule has 1 aliphatic rings. The number of carbonyl (C=O) groups excluding carboxylic acids is 1. The Kier molecular flexibility index (Phi) is 2.65. The third-order valence-electron chi connectivity index (χ3n) is 3.32. The van der Waals surface area contributed by atoms with Crippen LogP contribution in [0.3, 0.4) is 0 Å². The van der Waals surface area contributed by atoms with E-state index in [9.17, 15) is 10.1 Å². The predicted molar refractivity (Wildman–Crippen MR) is 71.4 cm³/mol. The van der Waals surface area contributed by atoms with Gasteiger partial charge in [-0.1, -0.05) is 0 Å². The molecular formula is C14H12N4O. The van der Waals surface area contributed by atoms with Crippen molar-refractivity contribution < 1.29 is 4.79 Å². The summed E-state index contributed by atoms with van der Waals surface area (Å²) in [4.78, 5) is 17.7. The van der Waals surface area contributed by atoms with E-state index in [1.807, 2.05) is 12.1 Å². The average Bonchev–Trinajstić information content (AvgIpc) is 2.76. The van der Waals surface area contributed by atoms with Crippen LogP contribution >= 0.6 is 0 Å². The standard InChI is InChI=1S/C14H12N4O/c15-7-11-10-2-1-5-17-12(10)3-4-13(11)18-8-9(16)6-14(18)19/h1-5,9H,6,8,16H2. The van der Waals surface area contributed by atoms with Crippen LogP contribution in [-0.2, 0) is 4.79 Å². The van der Waals surface area contributed by atoms with Crippen LogP contribution in [0.25, 0.3) is 10.9 Å². The maximum atomic E-state index is 11.9. The van der Waals surface area contributed by atoms with Crippen molar-refractivity contribution in [2.24, 2.45) is 5.73 Å². The van der Waals surface area contributed by atoms with Crippen molar-refractivity contribution in [2.75, 3.05) is 11.4 Å². The molecule has 0 aliphatic carbocycles. The van der Waals surface area contributed by atoms with Crippen LogP contribution in [0.1, 0.15) is 12.0 Å². The highest BCUT2D eigenvalue weighted by Crippen LogP contribution is 2.29. The Balaban J connectivity index is 2.20. The van der Waals surface area contributed by atoms with Gasteiger partial charge in [0.05, 0.1) is 16.8 Å². The van der Waals surface area contributed by atoms with Crippen molar-refractivity contribution in [2.45, 2.75) is 12.5 Å². The van der Waals surface area contributed by atoms with Gasteiger partial charge in [-0.05, 0) is 24.3 Å². The summed E-state index contributed by atoms with van der Waals surface area (Å²) in [6.45, 7) is 0.458. The Bertz CT molecular complexity index is 704. The second kappa shape index (κ2) is 4.34. The van der Waals surface area contributed by atoms with Crippen molar-refractivity contribution in [1.29, 1.82) is 5.26 Å². The van der Waals surface area contributed by atoms with Gasteiger partial charge in [0.1, 0.15) is 6.07 Å². The molecule has 1 unspecified atom stereocenters. The van der Waals surface area contributed by atoms with Crippen LogP contribution in [0.4, 0.5) is 5.69 Å². The van der Waals surface area contributed by atoms with Crippen molar-refractivity contribution in [3.05, 3.63) is 36.0 Å². The molecule has 0 radical (unpaired) electrons. The number of rotatable bonds is 1. The summed E-state index contributed by atoms with van der Waals surface area (Å²) in [5.74, 6) is -0.0350. The number of carbonyl (C=O) groups is 1. The second-order valence-electron chi connectivity index (χ2n) is 4.61. The van der Waals surface area contributed by atoms with Gasteiger partial charge in [0.15, 0.2) is 0 Å². The van der Waals surface area contributed by atoms with Crippen LogP contribution in [0.2, 0.25) is 0 Å². The summed E-state index contributed by atoms with van der Waals surface area (Å²) < 4.78 is 0. The average molecular weight is 252 g/mol. The fourth-order valence-corrected chi connectivity index (χ4v) is 2.45. The number of anilines is 1. The Morgan fingerprint density at radius 1 is 1.42 bits per heavy atom. The van der Waals surface area contributed by atoms with Crippen LogP contribution in [0.5, 0.6) is 0 Å². The van der Waals surface area contributed by atoms with Crippen LogP contribution in [0.15, 0.2) is 30.5 Å². The summed E-state index contributed by atoms with van der Waals surface area (Å²) in [6.07, 6.45) is 2.01. The third kappa shape index (κ3) is 1.83.